The third-order valence-corrected chi connectivity index (χ3v) is 3.66. The van der Waals surface area contributed by atoms with E-state index in [4.69, 9.17) is 0 Å². The lowest BCUT2D eigenvalue weighted by Crippen LogP contribution is -2.16. The number of halogens is 6. The van der Waals surface area contributed by atoms with Gasteiger partial charge in [-0.05, 0) is 36.4 Å². The zero-order valence-corrected chi connectivity index (χ0v) is 14.7. The summed E-state index contributed by atoms with van der Waals surface area (Å²) in [7, 11) is 1.30. The summed E-state index contributed by atoms with van der Waals surface area (Å²) in [5, 5.41) is 11.8. The predicted octanol–water partition coefficient (Wildman–Crippen LogP) is 4.80. The van der Waals surface area contributed by atoms with Gasteiger partial charge < -0.3 is 10.4 Å². The van der Waals surface area contributed by atoms with E-state index in [0.29, 0.717) is 12.1 Å². The van der Waals surface area contributed by atoms with Crippen molar-refractivity contribution in [2.45, 2.75) is 12.4 Å². The highest BCUT2D eigenvalue weighted by molar-refractivity contribution is 6.06. The van der Waals surface area contributed by atoms with Crippen LogP contribution in [0, 0.1) is 0 Å². The SMILES string of the molecule is C=C(NOC)c1ccc(O)c(C(=O)Nc2cc(C(F)(F)F)cc(C(F)(F)F)c2)c1. The number of alkyl halides is 6. The molecule has 0 unspecified atom stereocenters. The third-order valence-electron chi connectivity index (χ3n) is 3.66. The molecule has 1 amide bonds. The zero-order valence-electron chi connectivity index (χ0n) is 14.7. The van der Waals surface area contributed by atoms with Crippen molar-refractivity contribution < 1.29 is 41.1 Å². The molecular weight excluding hydrogens is 406 g/mol. The molecule has 5 nitrogen and oxygen atoms in total. The van der Waals surface area contributed by atoms with Crippen LogP contribution >= 0.6 is 0 Å². The second kappa shape index (κ2) is 8.03. The van der Waals surface area contributed by atoms with E-state index in [-0.39, 0.29) is 17.3 Å². The minimum Gasteiger partial charge on any atom is -0.507 e. The van der Waals surface area contributed by atoms with Crippen LogP contribution in [-0.2, 0) is 17.2 Å². The smallest absolute Gasteiger partial charge is 0.416 e. The number of anilines is 1. The standard InChI is InChI=1S/C18H14F6N2O3/c1-9(26-29-2)10-3-4-15(27)14(5-10)16(28)25-13-7-11(17(19,20)21)6-12(8-13)18(22,23)24/h3-8,26-27H,1H2,2H3,(H,25,28). The van der Waals surface area contributed by atoms with Gasteiger partial charge in [0.25, 0.3) is 5.91 Å². The number of hydrogen-bond donors (Lipinski definition) is 3. The van der Waals surface area contributed by atoms with Gasteiger partial charge in [0.15, 0.2) is 0 Å². The van der Waals surface area contributed by atoms with Crippen LogP contribution < -0.4 is 10.8 Å². The quantitative estimate of drug-likeness (QED) is 0.480. The van der Waals surface area contributed by atoms with Crippen LogP contribution in [0.25, 0.3) is 5.70 Å². The van der Waals surface area contributed by atoms with Crippen LogP contribution in [-0.4, -0.2) is 18.1 Å². The highest BCUT2D eigenvalue weighted by Gasteiger charge is 2.37. The minimum absolute atomic E-state index is 0.0614. The Bertz CT molecular complexity index is 906. The van der Waals surface area contributed by atoms with Gasteiger partial charge in [-0.2, -0.15) is 26.3 Å². The molecule has 0 saturated heterocycles. The van der Waals surface area contributed by atoms with Gasteiger partial charge in [-0.25, -0.2) is 0 Å². The molecule has 0 bridgehead atoms. The molecule has 0 atom stereocenters. The molecule has 2 aromatic carbocycles. The number of nitrogens with one attached hydrogen (secondary N) is 2. The molecule has 0 spiro atoms. The summed E-state index contributed by atoms with van der Waals surface area (Å²) in [4.78, 5) is 17.0. The van der Waals surface area contributed by atoms with Gasteiger partial charge in [-0.3, -0.25) is 15.1 Å². The molecule has 0 heterocycles. The number of phenolic OH excluding ortho intramolecular Hbond substituents is 1. The average Bonchev–Trinajstić information content (AvgIpc) is 2.60. The number of amides is 1. The molecule has 2 rings (SSSR count). The summed E-state index contributed by atoms with van der Waals surface area (Å²) < 4.78 is 77.6. The number of benzene rings is 2. The fourth-order valence-electron chi connectivity index (χ4n) is 2.31. The summed E-state index contributed by atoms with van der Waals surface area (Å²) in [5.41, 5.74) is -1.44. The Hall–Kier alpha value is -3.21. The van der Waals surface area contributed by atoms with Crippen molar-refractivity contribution in [2.24, 2.45) is 0 Å². The first kappa shape index (κ1) is 22.1. The van der Waals surface area contributed by atoms with Crippen molar-refractivity contribution in [2.75, 3.05) is 12.4 Å². The predicted molar refractivity (Wildman–Crippen MR) is 91.7 cm³/mol. The summed E-state index contributed by atoms with van der Waals surface area (Å²) in [6, 6.07) is 4.27. The average molecular weight is 420 g/mol. The first-order chi connectivity index (χ1) is 13.3. The molecule has 2 aromatic rings. The molecule has 29 heavy (non-hydrogen) atoms. The molecule has 0 aliphatic rings. The van der Waals surface area contributed by atoms with E-state index in [1.165, 1.54) is 13.2 Å². The van der Waals surface area contributed by atoms with Crippen LogP contribution in [0.1, 0.15) is 27.0 Å². The van der Waals surface area contributed by atoms with Gasteiger partial charge in [0.05, 0.1) is 29.5 Å². The first-order valence-electron chi connectivity index (χ1n) is 7.75. The summed E-state index contributed by atoms with van der Waals surface area (Å²) >= 11 is 0. The van der Waals surface area contributed by atoms with Crippen molar-refractivity contribution in [1.29, 1.82) is 0 Å². The molecule has 0 saturated carbocycles. The molecule has 0 aliphatic heterocycles. The Balaban J connectivity index is 2.42. The van der Waals surface area contributed by atoms with Gasteiger partial charge >= 0.3 is 12.4 Å². The van der Waals surface area contributed by atoms with Crippen LogP contribution in [0.3, 0.4) is 0 Å². The Morgan fingerprint density at radius 2 is 1.55 bits per heavy atom. The topological polar surface area (TPSA) is 70.6 Å². The molecular formula is C18H14F6N2O3. The number of hydrogen-bond acceptors (Lipinski definition) is 4. The van der Waals surface area contributed by atoms with Gasteiger partial charge in [0.2, 0.25) is 0 Å². The number of hydroxylamine groups is 1. The summed E-state index contributed by atoms with van der Waals surface area (Å²) in [6.07, 6.45) is -10.1. The van der Waals surface area contributed by atoms with Crippen LogP contribution in [0.4, 0.5) is 32.0 Å². The van der Waals surface area contributed by atoms with E-state index in [1.807, 2.05) is 5.32 Å². The van der Waals surface area contributed by atoms with Crippen molar-refractivity contribution in [3.05, 3.63) is 65.2 Å². The Morgan fingerprint density at radius 1 is 1.00 bits per heavy atom. The first-order valence-corrected chi connectivity index (χ1v) is 7.75. The second-order valence-electron chi connectivity index (χ2n) is 5.77. The number of aromatic hydroxyl groups is 1. The molecule has 0 fully saturated rings. The minimum atomic E-state index is -5.06. The van der Waals surface area contributed by atoms with Crippen molar-refractivity contribution in [3.8, 4) is 5.75 Å². The normalized spacial score (nSPS) is 11.8. The van der Waals surface area contributed by atoms with E-state index >= 15 is 0 Å². The van der Waals surface area contributed by atoms with Gasteiger partial charge in [0.1, 0.15) is 5.75 Å². The third kappa shape index (κ3) is 5.41. The molecule has 0 radical (unpaired) electrons. The van der Waals surface area contributed by atoms with E-state index in [2.05, 4.69) is 16.9 Å². The van der Waals surface area contributed by atoms with Crippen LogP contribution in [0.2, 0.25) is 0 Å². The Labute approximate surface area is 160 Å². The highest BCUT2D eigenvalue weighted by Crippen LogP contribution is 2.37. The van der Waals surface area contributed by atoms with E-state index in [0.717, 1.165) is 12.1 Å². The van der Waals surface area contributed by atoms with Gasteiger partial charge in [-0.15, -0.1) is 0 Å². The second-order valence-corrected chi connectivity index (χ2v) is 5.77. The van der Waals surface area contributed by atoms with E-state index in [1.54, 1.807) is 0 Å². The van der Waals surface area contributed by atoms with Gasteiger partial charge in [0, 0.05) is 11.3 Å². The maximum atomic E-state index is 12.9. The number of carbonyl (C=O) groups excluding carboxylic acids is 1. The zero-order chi connectivity index (χ0) is 22.0. The highest BCUT2D eigenvalue weighted by atomic mass is 19.4. The lowest BCUT2D eigenvalue weighted by atomic mass is 10.1. The molecule has 3 N–H and O–H groups in total. The Kier molecular flexibility index (Phi) is 6.12. The van der Waals surface area contributed by atoms with Crippen molar-refractivity contribution in [1.82, 2.24) is 5.48 Å². The molecule has 0 aliphatic carbocycles. The largest absolute Gasteiger partial charge is 0.507 e. The van der Waals surface area contributed by atoms with Crippen LogP contribution in [0.15, 0.2) is 43.0 Å². The van der Waals surface area contributed by atoms with Gasteiger partial charge in [-0.1, -0.05) is 6.58 Å². The molecule has 156 valence electrons. The summed E-state index contributed by atoms with van der Waals surface area (Å²) in [6.45, 7) is 3.61. The van der Waals surface area contributed by atoms with Crippen LogP contribution in [0.5, 0.6) is 5.75 Å². The fraction of sp³-hybridized carbons (Fsp3) is 0.167. The lowest BCUT2D eigenvalue weighted by molar-refractivity contribution is -0.143. The monoisotopic (exact) mass is 420 g/mol. The fourth-order valence-corrected chi connectivity index (χ4v) is 2.31. The van der Waals surface area contributed by atoms with E-state index < -0.39 is 46.4 Å². The maximum absolute atomic E-state index is 12.9. The molecule has 0 aromatic heterocycles. The number of carbonyl (C=O) groups is 1. The number of phenols is 1. The van der Waals surface area contributed by atoms with Crippen molar-refractivity contribution >= 4 is 17.3 Å². The van der Waals surface area contributed by atoms with E-state index in [9.17, 15) is 36.2 Å². The Morgan fingerprint density at radius 3 is 2.03 bits per heavy atom. The summed E-state index contributed by atoms with van der Waals surface area (Å²) in [5.74, 6) is -1.67. The number of rotatable bonds is 5. The van der Waals surface area contributed by atoms with Crippen molar-refractivity contribution in [3.63, 3.8) is 0 Å². The molecule has 11 heteroatoms. The lowest BCUT2D eigenvalue weighted by Gasteiger charge is -2.15. The maximum Gasteiger partial charge on any atom is 0.416 e.